The Kier molecular flexibility index (Phi) is 7.27. The van der Waals surface area contributed by atoms with Crippen LogP contribution in [0.1, 0.15) is 33.6 Å². The molecule has 0 aliphatic heterocycles. The lowest BCUT2D eigenvalue weighted by atomic mass is 10.1. The van der Waals surface area contributed by atoms with Gasteiger partial charge in [-0.2, -0.15) is 0 Å². The van der Waals surface area contributed by atoms with Crippen molar-refractivity contribution in [3.63, 3.8) is 0 Å². The minimum absolute atomic E-state index is 0.220. The summed E-state index contributed by atoms with van der Waals surface area (Å²) in [7, 11) is -0.195. The number of hydrogen-bond acceptors (Lipinski definition) is 5. The normalized spacial score (nSPS) is 11.1. The molecule has 0 aliphatic rings. The van der Waals surface area contributed by atoms with Crippen LogP contribution in [0.3, 0.4) is 0 Å². The molecule has 122 valence electrons. The van der Waals surface area contributed by atoms with Crippen LogP contribution < -0.4 is 0 Å². The van der Waals surface area contributed by atoms with E-state index in [2.05, 4.69) is 24.4 Å². The van der Waals surface area contributed by atoms with Crippen molar-refractivity contribution in [2.45, 2.75) is 32.5 Å². The first kappa shape index (κ1) is 18.4. The molecular weight excluding hydrogens is 300 g/mol. The zero-order valence-corrected chi connectivity index (χ0v) is 14.7. The number of rotatable bonds is 8. The van der Waals surface area contributed by atoms with Gasteiger partial charge >= 0.3 is 11.9 Å². The van der Waals surface area contributed by atoms with Gasteiger partial charge in [0.15, 0.2) is 8.32 Å². The predicted octanol–water partition coefficient (Wildman–Crippen LogP) is 3.26. The Labute approximate surface area is 132 Å². The van der Waals surface area contributed by atoms with Crippen molar-refractivity contribution < 1.29 is 23.5 Å². The Morgan fingerprint density at radius 3 is 2.05 bits per heavy atom. The summed E-state index contributed by atoms with van der Waals surface area (Å²) in [6.45, 7) is 7.40. The summed E-state index contributed by atoms with van der Waals surface area (Å²) in [6.07, 6.45) is 1.58. The standard InChI is InChI=1S/C16H24O5Si/c1-19-15(17)13-9-5-6-10-14(13)16(18)20-11-7-8-12-21-22(2,3)4/h5-6,9-10H,7-8,11-12H2,1-4H3. The zero-order chi connectivity index (χ0) is 16.6. The SMILES string of the molecule is COC(=O)c1ccccc1C(=O)OCCCCO[Si](C)(C)C. The summed E-state index contributed by atoms with van der Waals surface area (Å²) in [5.41, 5.74) is 0.449. The second-order valence-electron chi connectivity index (χ2n) is 5.84. The molecule has 0 amide bonds. The average Bonchev–Trinajstić information content (AvgIpc) is 2.48. The van der Waals surface area contributed by atoms with Gasteiger partial charge in [-0.1, -0.05) is 12.1 Å². The molecule has 1 aromatic carbocycles. The van der Waals surface area contributed by atoms with Crippen LogP contribution in [0.5, 0.6) is 0 Å². The number of benzene rings is 1. The maximum Gasteiger partial charge on any atom is 0.339 e. The fourth-order valence-electron chi connectivity index (χ4n) is 1.77. The van der Waals surface area contributed by atoms with Crippen LogP contribution in [0.15, 0.2) is 24.3 Å². The number of methoxy groups -OCH3 is 1. The van der Waals surface area contributed by atoms with Crippen LogP contribution in [-0.4, -0.2) is 40.6 Å². The number of hydrogen-bond donors (Lipinski definition) is 0. The quantitative estimate of drug-likeness (QED) is 0.417. The van der Waals surface area contributed by atoms with Crippen molar-refractivity contribution in [2.75, 3.05) is 20.3 Å². The van der Waals surface area contributed by atoms with Crippen LogP contribution in [0.4, 0.5) is 0 Å². The van der Waals surface area contributed by atoms with Crippen molar-refractivity contribution in [3.8, 4) is 0 Å². The lowest BCUT2D eigenvalue weighted by Crippen LogP contribution is -2.25. The van der Waals surface area contributed by atoms with Crippen LogP contribution >= 0.6 is 0 Å². The van der Waals surface area contributed by atoms with Crippen molar-refractivity contribution in [1.82, 2.24) is 0 Å². The lowest BCUT2D eigenvalue weighted by molar-refractivity contribution is 0.0476. The summed E-state index contributed by atoms with van der Waals surface area (Å²) in [5, 5.41) is 0. The van der Waals surface area contributed by atoms with Crippen molar-refractivity contribution in [3.05, 3.63) is 35.4 Å². The first-order valence-electron chi connectivity index (χ1n) is 7.33. The van der Waals surface area contributed by atoms with Gasteiger partial charge in [0.1, 0.15) is 0 Å². The molecule has 5 nitrogen and oxygen atoms in total. The summed E-state index contributed by atoms with van der Waals surface area (Å²) in [5.74, 6) is -1.05. The van der Waals surface area contributed by atoms with Gasteiger partial charge in [0.05, 0.1) is 24.8 Å². The van der Waals surface area contributed by atoms with Gasteiger partial charge in [0.25, 0.3) is 0 Å². The minimum atomic E-state index is -1.48. The molecule has 0 saturated heterocycles. The van der Waals surface area contributed by atoms with E-state index < -0.39 is 20.3 Å². The molecule has 1 aromatic rings. The van der Waals surface area contributed by atoms with Gasteiger partial charge in [-0.3, -0.25) is 0 Å². The number of unbranched alkanes of at least 4 members (excludes halogenated alkanes) is 1. The first-order chi connectivity index (χ1) is 10.3. The Morgan fingerprint density at radius 1 is 0.955 bits per heavy atom. The van der Waals surface area contributed by atoms with Crippen molar-refractivity contribution >= 4 is 20.3 Å². The van der Waals surface area contributed by atoms with E-state index in [-0.39, 0.29) is 11.1 Å². The molecule has 0 unspecified atom stereocenters. The molecule has 0 radical (unpaired) electrons. The Bertz CT molecular complexity index is 508. The van der Waals surface area contributed by atoms with E-state index in [1.165, 1.54) is 7.11 Å². The third-order valence-electron chi connectivity index (χ3n) is 2.86. The third kappa shape index (κ3) is 6.40. The maximum atomic E-state index is 12.0. The lowest BCUT2D eigenvalue weighted by Gasteiger charge is -2.16. The maximum absolute atomic E-state index is 12.0. The molecule has 0 saturated carbocycles. The highest BCUT2D eigenvalue weighted by Gasteiger charge is 2.18. The van der Waals surface area contributed by atoms with Gasteiger partial charge in [-0.25, -0.2) is 9.59 Å². The van der Waals surface area contributed by atoms with E-state index in [0.717, 1.165) is 12.8 Å². The van der Waals surface area contributed by atoms with Crippen LogP contribution in [0.2, 0.25) is 19.6 Å². The second kappa shape index (κ2) is 8.70. The molecule has 0 aromatic heterocycles. The van der Waals surface area contributed by atoms with Crippen LogP contribution in [0, 0.1) is 0 Å². The summed E-state index contributed by atoms with van der Waals surface area (Å²) >= 11 is 0. The first-order valence-corrected chi connectivity index (χ1v) is 10.7. The highest BCUT2D eigenvalue weighted by Crippen LogP contribution is 2.12. The fourth-order valence-corrected chi connectivity index (χ4v) is 2.53. The molecule has 0 fully saturated rings. The Hall–Kier alpha value is -1.66. The van der Waals surface area contributed by atoms with Gasteiger partial charge in [-0.05, 0) is 44.6 Å². The third-order valence-corrected chi connectivity index (χ3v) is 3.93. The van der Waals surface area contributed by atoms with Gasteiger partial charge in [-0.15, -0.1) is 0 Å². The van der Waals surface area contributed by atoms with Gasteiger partial charge in [0, 0.05) is 6.61 Å². The predicted molar refractivity (Wildman–Crippen MR) is 86.6 cm³/mol. The number of carbonyl (C=O) groups is 2. The van der Waals surface area contributed by atoms with E-state index in [1.807, 2.05) is 0 Å². The van der Waals surface area contributed by atoms with E-state index in [9.17, 15) is 9.59 Å². The summed E-state index contributed by atoms with van der Waals surface area (Å²) < 4.78 is 15.6. The second-order valence-corrected chi connectivity index (χ2v) is 10.4. The molecule has 0 bridgehead atoms. The van der Waals surface area contributed by atoms with E-state index in [0.29, 0.717) is 13.2 Å². The topological polar surface area (TPSA) is 61.8 Å². The number of esters is 2. The molecule has 1 rings (SSSR count). The molecule has 0 aliphatic carbocycles. The molecule has 0 N–H and O–H groups in total. The smallest absolute Gasteiger partial charge is 0.339 e. The molecule has 0 heterocycles. The largest absolute Gasteiger partial charge is 0.465 e. The molecular formula is C16H24O5Si. The molecule has 6 heteroatoms. The molecule has 0 spiro atoms. The summed E-state index contributed by atoms with van der Waals surface area (Å²) in [4.78, 5) is 23.6. The number of carbonyl (C=O) groups excluding carboxylic acids is 2. The van der Waals surface area contributed by atoms with Crippen molar-refractivity contribution in [2.24, 2.45) is 0 Å². The fraction of sp³-hybridized carbons (Fsp3) is 0.500. The van der Waals surface area contributed by atoms with Crippen LogP contribution in [-0.2, 0) is 13.9 Å². The van der Waals surface area contributed by atoms with Gasteiger partial charge < -0.3 is 13.9 Å². The highest BCUT2D eigenvalue weighted by molar-refractivity contribution is 6.69. The van der Waals surface area contributed by atoms with E-state index in [4.69, 9.17) is 9.16 Å². The van der Waals surface area contributed by atoms with E-state index in [1.54, 1.807) is 24.3 Å². The van der Waals surface area contributed by atoms with Gasteiger partial charge in [0.2, 0.25) is 0 Å². The summed E-state index contributed by atoms with van der Waals surface area (Å²) in [6, 6.07) is 6.47. The van der Waals surface area contributed by atoms with E-state index >= 15 is 0 Å². The minimum Gasteiger partial charge on any atom is -0.465 e. The monoisotopic (exact) mass is 324 g/mol. The Morgan fingerprint density at radius 2 is 1.50 bits per heavy atom. The molecule has 0 atom stereocenters. The Balaban J connectivity index is 2.42. The highest BCUT2D eigenvalue weighted by atomic mass is 28.4. The molecule has 22 heavy (non-hydrogen) atoms. The number of ether oxygens (including phenoxy) is 2. The van der Waals surface area contributed by atoms with Crippen LogP contribution in [0.25, 0.3) is 0 Å². The van der Waals surface area contributed by atoms with Crippen molar-refractivity contribution in [1.29, 1.82) is 0 Å². The zero-order valence-electron chi connectivity index (χ0n) is 13.7. The average molecular weight is 324 g/mol.